The number of phenols is 1. The summed E-state index contributed by atoms with van der Waals surface area (Å²) in [7, 11) is 0. The van der Waals surface area contributed by atoms with Crippen molar-refractivity contribution in [1.82, 2.24) is 0 Å². The van der Waals surface area contributed by atoms with E-state index in [4.69, 9.17) is 4.74 Å². The predicted octanol–water partition coefficient (Wildman–Crippen LogP) is 2.88. The number of fused-ring (bicyclic) bond motifs is 1. The molecule has 1 aromatic rings. The van der Waals surface area contributed by atoms with Crippen molar-refractivity contribution in [1.29, 1.82) is 0 Å². The molecular formula is C22H27NO5. The lowest BCUT2D eigenvalue weighted by atomic mass is 9.95. The maximum Gasteiger partial charge on any atom is 0.343 e. The van der Waals surface area contributed by atoms with Crippen LogP contribution in [0, 0.1) is 23.7 Å². The van der Waals surface area contributed by atoms with Gasteiger partial charge in [0.1, 0.15) is 23.5 Å². The van der Waals surface area contributed by atoms with E-state index in [-0.39, 0.29) is 29.6 Å². The number of rotatable bonds is 2. The number of hydrogen-bond donors (Lipinski definition) is 3. The lowest BCUT2D eigenvalue weighted by molar-refractivity contribution is -0.124. The Morgan fingerprint density at radius 2 is 1.96 bits per heavy atom. The molecule has 0 aromatic heterocycles. The topological polar surface area (TPSA) is 95.9 Å². The van der Waals surface area contributed by atoms with Gasteiger partial charge in [-0.25, -0.2) is 4.79 Å². The van der Waals surface area contributed by atoms with Crippen molar-refractivity contribution >= 4 is 17.4 Å². The van der Waals surface area contributed by atoms with Gasteiger partial charge >= 0.3 is 5.97 Å². The molecule has 1 aliphatic heterocycles. The number of esters is 1. The van der Waals surface area contributed by atoms with Crippen LogP contribution in [0.1, 0.15) is 50.0 Å². The summed E-state index contributed by atoms with van der Waals surface area (Å²) in [6.45, 7) is 7.81. The number of carbonyl (C=O) groups excluding carboxylic acids is 2. The third-order valence-electron chi connectivity index (χ3n) is 4.78. The normalized spacial score (nSPS) is 26.9. The van der Waals surface area contributed by atoms with Crippen molar-refractivity contribution < 1.29 is 24.5 Å². The molecule has 0 aliphatic carbocycles. The predicted molar refractivity (Wildman–Crippen MR) is 107 cm³/mol. The smallest absolute Gasteiger partial charge is 0.343 e. The number of aliphatic hydroxyl groups is 1. The summed E-state index contributed by atoms with van der Waals surface area (Å²) in [6, 6.07) is 3.15. The van der Waals surface area contributed by atoms with E-state index in [0.717, 1.165) is 0 Å². The number of ether oxygens (including phenoxy) is 1. The van der Waals surface area contributed by atoms with Gasteiger partial charge in [0, 0.05) is 42.1 Å². The second kappa shape index (κ2) is 9.43. The Labute approximate surface area is 165 Å². The van der Waals surface area contributed by atoms with E-state index in [1.807, 2.05) is 6.92 Å². The molecule has 3 N–H and O–H groups in total. The van der Waals surface area contributed by atoms with E-state index in [1.54, 1.807) is 32.9 Å². The highest BCUT2D eigenvalue weighted by molar-refractivity contribution is 5.96. The number of aromatic hydroxyl groups is 1. The highest BCUT2D eigenvalue weighted by atomic mass is 16.5. The molecule has 0 fully saturated rings. The van der Waals surface area contributed by atoms with Gasteiger partial charge < -0.3 is 20.3 Å². The molecule has 0 saturated heterocycles. The van der Waals surface area contributed by atoms with E-state index in [1.165, 1.54) is 12.1 Å². The van der Waals surface area contributed by atoms with Gasteiger partial charge in [0.2, 0.25) is 0 Å². The summed E-state index contributed by atoms with van der Waals surface area (Å²) < 4.78 is 5.49. The third-order valence-corrected chi connectivity index (χ3v) is 4.78. The average molecular weight is 385 g/mol. The van der Waals surface area contributed by atoms with Gasteiger partial charge in [0.25, 0.3) is 0 Å². The Balaban J connectivity index is 2.53. The molecule has 2 unspecified atom stereocenters. The zero-order valence-electron chi connectivity index (χ0n) is 16.7. The molecule has 1 heterocycles. The van der Waals surface area contributed by atoms with Gasteiger partial charge in [-0.15, -0.1) is 0 Å². The van der Waals surface area contributed by atoms with E-state index in [9.17, 15) is 19.8 Å². The minimum Gasteiger partial charge on any atom is -0.507 e. The highest BCUT2D eigenvalue weighted by Crippen LogP contribution is 2.28. The number of ketones is 1. The summed E-state index contributed by atoms with van der Waals surface area (Å²) in [4.78, 5) is 24.8. The lowest BCUT2D eigenvalue weighted by Crippen LogP contribution is -2.27. The molecule has 4 atom stereocenters. The van der Waals surface area contributed by atoms with Crippen LogP contribution < -0.4 is 5.32 Å². The summed E-state index contributed by atoms with van der Waals surface area (Å²) in [6.07, 6.45) is 1.50. The zero-order chi connectivity index (χ0) is 20.8. The monoisotopic (exact) mass is 385 g/mol. The Hall–Kier alpha value is -2.78. The Kier molecular flexibility index (Phi) is 7.24. The zero-order valence-corrected chi connectivity index (χ0v) is 16.7. The van der Waals surface area contributed by atoms with Crippen LogP contribution in [0.15, 0.2) is 24.3 Å². The van der Waals surface area contributed by atoms with Crippen LogP contribution in [-0.2, 0) is 9.53 Å². The minimum absolute atomic E-state index is 0.0125. The van der Waals surface area contributed by atoms with Gasteiger partial charge in [0.15, 0.2) is 5.78 Å². The first-order chi connectivity index (χ1) is 13.2. The molecule has 2 rings (SSSR count). The summed E-state index contributed by atoms with van der Waals surface area (Å²) in [5.41, 5.74) is 0.981. The molecule has 0 saturated carbocycles. The molecular weight excluding hydrogens is 358 g/mol. The Morgan fingerprint density at radius 3 is 2.64 bits per heavy atom. The van der Waals surface area contributed by atoms with Crippen LogP contribution in [0.25, 0.3) is 0 Å². The number of phenolic OH excluding ortho intramolecular Hbond substituents is 1. The molecule has 28 heavy (non-hydrogen) atoms. The standard InChI is InChI=1S/C22H27NO5/c1-5-23-17-11-16-8-6-7-14(3)21(26)18(24)10-9-13(2)15(4)28-22(27)20(16)19(25)12-17/h9-15,21,23,25-26H,5,7H2,1-4H3/b10-9-/t13-,14?,15?,21+/m1/s1. The second-order valence-corrected chi connectivity index (χ2v) is 7.11. The lowest BCUT2D eigenvalue weighted by Gasteiger charge is -2.20. The number of cyclic esters (lactones) is 1. The van der Waals surface area contributed by atoms with Gasteiger partial charge in [-0.2, -0.15) is 0 Å². The fourth-order valence-corrected chi connectivity index (χ4v) is 2.78. The van der Waals surface area contributed by atoms with Crippen molar-refractivity contribution in [2.75, 3.05) is 11.9 Å². The van der Waals surface area contributed by atoms with Crippen molar-refractivity contribution in [2.24, 2.45) is 11.8 Å². The summed E-state index contributed by atoms with van der Waals surface area (Å²) >= 11 is 0. The van der Waals surface area contributed by atoms with Crippen molar-refractivity contribution in [3.8, 4) is 17.6 Å². The van der Waals surface area contributed by atoms with Crippen molar-refractivity contribution in [2.45, 2.75) is 46.3 Å². The average Bonchev–Trinajstić information content (AvgIpc) is 2.64. The van der Waals surface area contributed by atoms with Crippen molar-refractivity contribution in [3.05, 3.63) is 35.4 Å². The molecule has 1 aromatic carbocycles. The fourth-order valence-electron chi connectivity index (χ4n) is 2.78. The SMILES string of the molecule is CCNc1cc(O)c2c(c1)C#CCC(C)[C@H](O)C(=O)/C=C\[C@@H](C)C(C)OC2=O. The molecule has 0 radical (unpaired) electrons. The van der Waals surface area contributed by atoms with Crippen molar-refractivity contribution in [3.63, 3.8) is 0 Å². The largest absolute Gasteiger partial charge is 0.507 e. The molecule has 1 aliphatic rings. The Morgan fingerprint density at radius 1 is 1.25 bits per heavy atom. The molecule has 6 nitrogen and oxygen atoms in total. The molecule has 150 valence electrons. The minimum atomic E-state index is -1.15. The molecule has 0 spiro atoms. The van der Waals surface area contributed by atoms with Crippen LogP contribution in [0.4, 0.5) is 5.69 Å². The van der Waals surface area contributed by atoms with Gasteiger partial charge in [0.05, 0.1) is 0 Å². The maximum absolute atomic E-state index is 12.7. The van der Waals surface area contributed by atoms with Crippen LogP contribution in [0.5, 0.6) is 5.75 Å². The van der Waals surface area contributed by atoms with Gasteiger partial charge in [-0.1, -0.05) is 31.8 Å². The van der Waals surface area contributed by atoms with Gasteiger partial charge in [-0.05, 0) is 26.0 Å². The number of nitrogens with one attached hydrogen (secondary N) is 1. The Bertz CT molecular complexity index is 833. The first-order valence-corrected chi connectivity index (χ1v) is 9.45. The van der Waals surface area contributed by atoms with Crippen LogP contribution in [0.2, 0.25) is 0 Å². The number of benzene rings is 1. The number of aliphatic hydroxyl groups excluding tert-OH is 1. The maximum atomic E-state index is 12.7. The third kappa shape index (κ3) is 5.14. The quantitative estimate of drug-likeness (QED) is 0.535. The molecule has 6 heteroatoms. The van der Waals surface area contributed by atoms with Crippen LogP contribution >= 0.6 is 0 Å². The first kappa shape index (κ1) is 21.5. The van der Waals surface area contributed by atoms with Gasteiger partial charge in [-0.3, -0.25) is 4.79 Å². The number of hydrogen-bond acceptors (Lipinski definition) is 6. The summed E-state index contributed by atoms with van der Waals surface area (Å²) in [5, 5.41) is 23.7. The number of anilines is 1. The van der Waals surface area contributed by atoms with E-state index in [0.29, 0.717) is 17.8 Å². The van der Waals surface area contributed by atoms with Crippen LogP contribution in [0.3, 0.4) is 0 Å². The van der Waals surface area contributed by atoms with E-state index >= 15 is 0 Å². The second-order valence-electron chi connectivity index (χ2n) is 7.11. The van der Waals surface area contributed by atoms with E-state index < -0.39 is 24.0 Å². The number of carbonyl (C=O) groups is 2. The molecule has 0 bridgehead atoms. The summed E-state index contributed by atoms with van der Waals surface area (Å²) in [5.74, 6) is 3.88. The van der Waals surface area contributed by atoms with Crippen LogP contribution in [-0.4, -0.2) is 40.7 Å². The highest BCUT2D eigenvalue weighted by Gasteiger charge is 2.24. The first-order valence-electron chi connectivity index (χ1n) is 9.45. The van der Waals surface area contributed by atoms with E-state index in [2.05, 4.69) is 17.2 Å². The molecule has 0 amide bonds. The fraction of sp³-hybridized carbons (Fsp3) is 0.455.